The minimum atomic E-state index is -1.30. The van der Waals surface area contributed by atoms with E-state index in [1.807, 2.05) is 70.2 Å². The average Bonchev–Trinajstić information content (AvgIpc) is 2.84. The van der Waals surface area contributed by atoms with Crippen LogP contribution in [0.2, 0.25) is 0 Å². The lowest BCUT2D eigenvalue weighted by Gasteiger charge is -2.39. The maximum atomic E-state index is 14.2. The summed E-state index contributed by atoms with van der Waals surface area (Å²) < 4.78 is 5.35. The Morgan fingerprint density at radius 2 is 1.60 bits per heavy atom. The van der Waals surface area contributed by atoms with Crippen molar-refractivity contribution in [2.24, 2.45) is 5.92 Å². The molecule has 0 fully saturated rings. The number of amides is 3. The molecule has 2 rings (SSSR count). The summed E-state index contributed by atoms with van der Waals surface area (Å²) in [7, 11) is 0. The van der Waals surface area contributed by atoms with Gasteiger partial charge >= 0.3 is 6.09 Å². The summed E-state index contributed by atoms with van der Waals surface area (Å²) in [6.07, 6.45) is 0.641. The topological polar surface area (TPSA) is 108 Å². The van der Waals surface area contributed by atoms with Crippen molar-refractivity contribution in [2.45, 2.75) is 98.9 Å². The molecule has 8 heteroatoms. The van der Waals surface area contributed by atoms with Crippen LogP contribution in [0.25, 0.3) is 0 Å². The van der Waals surface area contributed by atoms with E-state index >= 15 is 0 Å². The number of hydrogen-bond donors (Lipinski definition) is 3. The lowest BCUT2D eigenvalue weighted by Crippen LogP contribution is -2.56. The van der Waals surface area contributed by atoms with E-state index in [0.717, 1.165) is 23.1 Å². The second-order valence-corrected chi connectivity index (χ2v) is 12.0. The van der Waals surface area contributed by atoms with Gasteiger partial charge in [-0.25, -0.2) is 4.79 Å². The summed E-state index contributed by atoms with van der Waals surface area (Å²) in [4.78, 5) is 42.4. The Kier molecular flexibility index (Phi) is 11.7. The van der Waals surface area contributed by atoms with Gasteiger partial charge in [-0.1, -0.05) is 55.8 Å². The highest BCUT2D eigenvalue weighted by Gasteiger charge is 2.39. The molecule has 0 saturated carbocycles. The van der Waals surface area contributed by atoms with Gasteiger partial charge in [0.2, 0.25) is 5.91 Å². The number of hydrogen-bond acceptors (Lipinski definition) is 5. The smallest absolute Gasteiger partial charge is 0.408 e. The second kappa shape index (κ2) is 14.3. The van der Waals surface area contributed by atoms with Crippen LogP contribution in [-0.4, -0.2) is 52.2 Å². The maximum absolute atomic E-state index is 14.2. The van der Waals surface area contributed by atoms with Crippen molar-refractivity contribution in [3.05, 3.63) is 64.7 Å². The van der Waals surface area contributed by atoms with Crippen LogP contribution >= 0.6 is 0 Å². The number of aliphatic hydroxyl groups is 1. The molecule has 8 nitrogen and oxygen atoms in total. The van der Waals surface area contributed by atoms with Crippen LogP contribution in [0.1, 0.15) is 82.7 Å². The number of para-hydroxylation sites is 1. The number of aliphatic hydroxyl groups excluding tert-OH is 1. The summed E-state index contributed by atoms with van der Waals surface area (Å²) in [5, 5.41) is 15.8. The molecule has 0 saturated heterocycles. The van der Waals surface area contributed by atoms with Gasteiger partial charge < -0.3 is 25.4 Å². The molecule has 0 aliphatic carbocycles. The molecule has 3 N–H and O–H groups in total. The van der Waals surface area contributed by atoms with E-state index < -0.39 is 36.3 Å². The van der Waals surface area contributed by atoms with E-state index in [9.17, 15) is 19.5 Å². The number of benzene rings is 2. The van der Waals surface area contributed by atoms with Gasteiger partial charge in [-0.15, -0.1) is 0 Å². The normalized spacial score (nSPS) is 13.8. The Morgan fingerprint density at radius 3 is 2.15 bits per heavy atom. The summed E-state index contributed by atoms with van der Waals surface area (Å²) >= 11 is 0. The number of alkyl carbamates (subject to hydrolysis) is 1. The number of nitrogens with zero attached hydrogens (tertiary/aromatic N) is 1. The first-order chi connectivity index (χ1) is 18.6. The van der Waals surface area contributed by atoms with Crippen LogP contribution in [0, 0.1) is 26.7 Å². The molecule has 220 valence electrons. The third-order valence-electron chi connectivity index (χ3n) is 6.71. The van der Waals surface area contributed by atoms with Crippen LogP contribution < -0.4 is 10.6 Å². The van der Waals surface area contributed by atoms with Gasteiger partial charge in [0.15, 0.2) is 0 Å². The molecule has 2 aromatic carbocycles. The van der Waals surface area contributed by atoms with E-state index in [4.69, 9.17) is 4.74 Å². The van der Waals surface area contributed by atoms with Crippen molar-refractivity contribution in [1.82, 2.24) is 10.2 Å². The molecule has 0 heterocycles. The predicted octanol–water partition coefficient (Wildman–Crippen LogP) is 5.83. The molecule has 3 atom stereocenters. The largest absolute Gasteiger partial charge is 0.444 e. The predicted molar refractivity (Wildman–Crippen MR) is 159 cm³/mol. The third kappa shape index (κ3) is 9.37. The van der Waals surface area contributed by atoms with E-state index in [0.29, 0.717) is 23.6 Å². The van der Waals surface area contributed by atoms with Crippen LogP contribution in [-0.2, 0) is 14.3 Å². The summed E-state index contributed by atoms with van der Waals surface area (Å²) in [6, 6.07) is 10.5. The first-order valence-electron chi connectivity index (χ1n) is 14.0. The maximum Gasteiger partial charge on any atom is 0.408 e. The first-order valence-corrected chi connectivity index (χ1v) is 14.0. The molecule has 0 aromatic heterocycles. The van der Waals surface area contributed by atoms with E-state index in [1.165, 1.54) is 4.90 Å². The monoisotopic (exact) mass is 553 g/mol. The van der Waals surface area contributed by atoms with Gasteiger partial charge in [0.05, 0.1) is 6.61 Å². The molecule has 0 aliphatic heterocycles. The van der Waals surface area contributed by atoms with Crippen LogP contribution in [0.5, 0.6) is 0 Å². The Hall–Kier alpha value is -3.39. The number of carbonyl (C=O) groups excluding carboxylic acids is 3. The SMILES string of the molecule is Cc1ccc(C(C(=O)Nc2ccccc2C)N(C(=O)C(CO)NC(=O)OC(C)(C)C)C(C)CCC(C)C)c(C)c1. The van der Waals surface area contributed by atoms with Gasteiger partial charge in [0.1, 0.15) is 17.7 Å². The highest BCUT2D eigenvalue weighted by atomic mass is 16.6. The summed E-state index contributed by atoms with van der Waals surface area (Å²) in [6.45, 7) is 16.4. The lowest BCUT2D eigenvalue weighted by molar-refractivity contribution is -0.144. The number of ether oxygens (including phenoxy) is 1. The van der Waals surface area contributed by atoms with Gasteiger partial charge in [-0.3, -0.25) is 9.59 Å². The molecule has 3 amide bonds. The number of nitrogens with one attached hydrogen (secondary N) is 2. The van der Waals surface area contributed by atoms with E-state index in [1.54, 1.807) is 20.8 Å². The van der Waals surface area contributed by atoms with Crippen molar-refractivity contribution in [3.63, 3.8) is 0 Å². The number of aryl methyl sites for hydroxylation is 3. The van der Waals surface area contributed by atoms with Crippen molar-refractivity contribution in [1.29, 1.82) is 0 Å². The fourth-order valence-corrected chi connectivity index (χ4v) is 4.59. The Balaban J connectivity index is 2.63. The lowest BCUT2D eigenvalue weighted by atomic mass is 9.93. The third-order valence-corrected chi connectivity index (χ3v) is 6.71. The number of anilines is 1. The summed E-state index contributed by atoms with van der Waals surface area (Å²) in [5.74, 6) is -0.553. The fraction of sp³-hybridized carbons (Fsp3) is 0.531. The minimum Gasteiger partial charge on any atom is -0.444 e. The van der Waals surface area contributed by atoms with Gasteiger partial charge in [0, 0.05) is 11.7 Å². The zero-order valence-electron chi connectivity index (χ0n) is 25.5. The molecule has 3 unspecified atom stereocenters. The molecular weight excluding hydrogens is 506 g/mol. The van der Waals surface area contributed by atoms with Crippen molar-refractivity contribution < 1.29 is 24.2 Å². The van der Waals surface area contributed by atoms with E-state index in [2.05, 4.69) is 24.5 Å². The number of rotatable bonds is 11. The summed E-state index contributed by atoms with van der Waals surface area (Å²) in [5.41, 5.74) is 3.32. The Morgan fingerprint density at radius 1 is 0.950 bits per heavy atom. The zero-order valence-corrected chi connectivity index (χ0v) is 25.5. The van der Waals surface area contributed by atoms with Crippen LogP contribution in [0.3, 0.4) is 0 Å². The molecule has 0 spiro atoms. The van der Waals surface area contributed by atoms with Gasteiger partial charge in [-0.05, 0) is 90.0 Å². The Labute approximate surface area is 239 Å². The molecule has 40 heavy (non-hydrogen) atoms. The average molecular weight is 554 g/mol. The first kappa shape index (κ1) is 32.8. The van der Waals surface area contributed by atoms with Crippen LogP contribution in [0.4, 0.5) is 10.5 Å². The molecule has 0 bridgehead atoms. The van der Waals surface area contributed by atoms with Gasteiger partial charge in [-0.2, -0.15) is 0 Å². The Bertz CT molecular complexity index is 1170. The van der Waals surface area contributed by atoms with Crippen molar-refractivity contribution in [3.8, 4) is 0 Å². The number of carbonyl (C=O) groups is 3. The molecule has 0 aliphatic rings. The van der Waals surface area contributed by atoms with E-state index in [-0.39, 0.29) is 11.9 Å². The highest BCUT2D eigenvalue weighted by Crippen LogP contribution is 2.31. The quantitative estimate of drug-likeness (QED) is 0.324. The molecular formula is C32H47N3O5. The highest BCUT2D eigenvalue weighted by molar-refractivity contribution is 5.99. The van der Waals surface area contributed by atoms with Crippen molar-refractivity contribution in [2.75, 3.05) is 11.9 Å². The van der Waals surface area contributed by atoms with Crippen LogP contribution in [0.15, 0.2) is 42.5 Å². The molecule has 2 aromatic rings. The standard InChI is InChI=1S/C32H47N3O5/c1-20(2)14-16-24(6)35(30(38)27(19-36)34-31(39)40-32(7,8)9)28(25-17-15-21(3)18-23(25)5)29(37)33-26-13-11-10-12-22(26)4/h10-13,15,17-18,20,24,27-28,36H,14,16,19H2,1-9H3,(H,33,37)(H,34,39). The second-order valence-electron chi connectivity index (χ2n) is 12.0. The van der Waals surface area contributed by atoms with Crippen molar-refractivity contribution >= 4 is 23.6 Å². The molecule has 0 radical (unpaired) electrons. The minimum absolute atomic E-state index is 0.375. The fourth-order valence-electron chi connectivity index (χ4n) is 4.59. The van der Waals surface area contributed by atoms with Gasteiger partial charge in [0.25, 0.3) is 5.91 Å². The zero-order chi connectivity index (χ0) is 30.2.